The number of fused-ring (bicyclic) bond motifs is 1. The van der Waals surface area contributed by atoms with Crippen LogP contribution in [0.1, 0.15) is 30.0 Å². The largest absolute Gasteiger partial charge is 0.497 e. The zero-order chi connectivity index (χ0) is 19.5. The Morgan fingerprint density at radius 1 is 1.25 bits per heavy atom. The van der Waals surface area contributed by atoms with Crippen LogP contribution in [-0.4, -0.2) is 45.2 Å². The van der Waals surface area contributed by atoms with E-state index in [1.54, 1.807) is 7.11 Å². The molecule has 1 atom stereocenters. The van der Waals surface area contributed by atoms with E-state index in [0.717, 1.165) is 30.6 Å². The molecule has 0 saturated carbocycles. The van der Waals surface area contributed by atoms with Crippen LogP contribution in [0.15, 0.2) is 48.5 Å². The molecule has 0 spiro atoms. The molecule has 144 valence electrons. The van der Waals surface area contributed by atoms with E-state index in [1.807, 2.05) is 42.3 Å². The molecule has 28 heavy (non-hydrogen) atoms. The first-order valence-corrected chi connectivity index (χ1v) is 9.41. The Bertz CT molecular complexity index is 984. The fraction of sp³-hybridized carbons (Fsp3) is 0.333. The molecular weight excluding hydrogens is 354 g/mol. The van der Waals surface area contributed by atoms with Crippen molar-refractivity contribution in [1.29, 1.82) is 0 Å². The highest BCUT2D eigenvalue weighted by Gasteiger charge is 2.27. The minimum atomic E-state index is -0.0312. The first kappa shape index (κ1) is 18.2. The molecule has 4 rings (SSSR count). The van der Waals surface area contributed by atoms with Crippen LogP contribution in [0.3, 0.4) is 0 Å². The molecule has 2 aromatic carbocycles. The molecule has 1 amide bonds. The van der Waals surface area contributed by atoms with E-state index in [2.05, 4.69) is 33.6 Å². The van der Waals surface area contributed by atoms with Crippen LogP contribution in [0, 0.1) is 0 Å². The van der Waals surface area contributed by atoms with E-state index in [-0.39, 0.29) is 18.5 Å². The first-order valence-electron chi connectivity index (χ1n) is 9.41. The number of aromatic nitrogens is 4. The maximum atomic E-state index is 12.8. The molecule has 0 fully saturated rings. The van der Waals surface area contributed by atoms with Crippen LogP contribution in [-0.2, 0) is 17.8 Å². The Kier molecular flexibility index (Phi) is 5.06. The highest BCUT2D eigenvalue weighted by Crippen LogP contribution is 2.33. The second kappa shape index (κ2) is 7.80. The van der Waals surface area contributed by atoms with Crippen LogP contribution < -0.4 is 4.74 Å². The van der Waals surface area contributed by atoms with Crippen molar-refractivity contribution in [2.45, 2.75) is 31.8 Å². The lowest BCUT2D eigenvalue weighted by Gasteiger charge is -2.33. The molecule has 1 aromatic heterocycles. The smallest absolute Gasteiger partial charge is 0.246 e. The van der Waals surface area contributed by atoms with Gasteiger partial charge in [0, 0.05) is 12.6 Å². The predicted octanol–water partition coefficient (Wildman–Crippen LogP) is 2.88. The number of carbonyl (C=O) groups is 1. The number of nitrogens with zero attached hydrogens (tertiary/aromatic N) is 5. The number of rotatable bonds is 5. The summed E-state index contributed by atoms with van der Waals surface area (Å²) in [4.78, 5) is 16.0. The average Bonchev–Trinajstić information content (AvgIpc) is 3.21. The van der Waals surface area contributed by atoms with E-state index in [9.17, 15) is 4.79 Å². The lowest BCUT2D eigenvalue weighted by atomic mass is 9.87. The number of tetrazole rings is 1. The first-order chi connectivity index (χ1) is 13.7. The Hall–Kier alpha value is -3.22. The van der Waals surface area contributed by atoms with Crippen molar-refractivity contribution >= 4 is 5.91 Å². The van der Waals surface area contributed by atoms with Crippen LogP contribution in [0.2, 0.25) is 0 Å². The molecule has 0 bridgehead atoms. The molecule has 0 unspecified atom stereocenters. The van der Waals surface area contributed by atoms with E-state index in [0.29, 0.717) is 5.82 Å². The number of methoxy groups -OCH3 is 1. The fourth-order valence-corrected chi connectivity index (χ4v) is 3.72. The van der Waals surface area contributed by atoms with Gasteiger partial charge in [-0.3, -0.25) is 4.79 Å². The Labute approximate surface area is 163 Å². The second-order valence-electron chi connectivity index (χ2n) is 6.99. The van der Waals surface area contributed by atoms with Crippen molar-refractivity contribution in [2.24, 2.45) is 0 Å². The van der Waals surface area contributed by atoms with Crippen LogP contribution in [0.5, 0.6) is 5.75 Å². The molecule has 1 aliphatic carbocycles. The van der Waals surface area contributed by atoms with Crippen LogP contribution in [0.25, 0.3) is 11.4 Å². The normalized spacial score (nSPS) is 15.7. The summed E-state index contributed by atoms with van der Waals surface area (Å²) in [7, 11) is 3.47. The summed E-state index contributed by atoms with van der Waals surface area (Å²) < 4.78 is 5.23. The van der Waals surface area contributed by atoms with Gasteiger partial charge in [0.05, 0.1) is 13.2 Å². The van der Waals surface area contributed by atoms with Gasteiger partial charge in [0.2, 0.25) is 11.7 Å². The predicted molar refractivity (Wildman–Crippen MR) is 105 cm³/mol. The monoisotopic (exact) mass is 377 g/mol. The Morgan fingerprint density at radius 3 is 2.96 bits per heavy atom. The SMILES string of the molecule is COc1cccc(-c2nnn(CC(=O)N(C)[C@@H]3CCCc4ccccc43)n2)c1. The van der Waals surface area contributed by atoms with Crippen molar-refractivity contribution in [2.75, 3.05) is 14.2 Å². The number of carbonyl (C=O) groups excluding carboxylic acids is 1. The summed E-state index contributed by atoms with van der Waals surface area (Å²) in [6.07, 6.45) is 3.13. The van der Waals surface area contributed by atoms with Crippen LogP contribution in [0.4, 0.5) is 0 Å². The number of amides is 1. The third-order valence-corrected chi connectivity index (χ3v) is 5.26. The maximum Gasteiger partial charge on any atom is 0.246 e. The van der Waals surface area contributed by atoms with Gasteiger partial charge in [-0.1, -0.05) is 36.4 Å². The lowest BCUT2D eigenvalue weighted by Crippen LogP contribution is -2.36. The van der Waals surface area contributed by atoms with E-state index in [1.165, 1.54) is 15.9 Å². The molecule has 7 heteroatoms. The van der Waals surface area contributed by atoms with Crippen molar-refractivity contribution in [3.63, 3.8) is 0 Å². The summed E-state index contributed by atoms with van der Waals surface area (Å²) >= 11 is 0. The van der Waals surface area contributed by atoms with Gasteiger partial charge in [0.15, 0.2) is 0 Å². The highest BCUT2D eigenvalue weighted by atomic mass is 16.5. The van der Waals surface area contributed by atoms with Gasteiger partial charge in [0.1, 0.15) is 12.3 Å². The highest BCUT2D eigenvalue weighted by molar-refractivity contribution is 5.76. The van der Waals surface area contributed by atoms with E-state index < -0.39 is 0 Å². The van der Waals surface area contributed by atoms with Gasteiger partial charge in [0.25, 0.3) is 0 Å². The van der Waals surface area contributed by atoms with Gasteiger partial charge in [-0.2, -0.15) is 4.80 Å². The van der Waals surface area contributed by atoms with Gasteiger partial charge >= 0.3 is 0 Å². The third-order valence-electron chi connectivity index (χ3n) is 5.26. The van der Waals surface area contributed by atoms with Crippen molar-refractivity contribution in [3.05, 3.63) is 59.7 Å². The summed E-state index contributed by atoms with van der Waals surface area (Å²) in [5.41, 5.74) is 3.37. The van der Waals surface area contributed by atoms with Gasteiger partial charge in [-0.05, 0) is 47.7 Å². The molecular formula is C21H23N5O2. The Balaban J connectivity index is 1.48. The summed E-state index contributed by atoms with van der Waals surface area (Å²) in [6.45, 7) is 0.0616. The van der Waals surface area contributed by atoms with E-state index in [4.69, 9.17) is 4.74 Å². The van der Waals surface area contributed by atoms with Gasteiger partial charge in [-0.25, -0.2) is 0 Å². The van der Waals surface area contributed by atoms with Crippen molar-refractivity contribution in [3.8, 4) is 17.1 Å². The molecule has 7 nitrogen and oxygen atoms in total. The molecule has 0 radical (unpaired) electrons. The fourth-order valence-electron chi connectivity index (χ4n) is 3.72. The molecule has 1 heterocycles. The molecule has 0 aliphatic heterocycles. The van der Waals surface area contributed by atoms with Gasteiger partial charge in [-0.15, -0.1) is 10.2 Å². The summed E-state index contributed by atoms with van der Waals surface area (Å²) in [5.74, 6) is 1.16. The molecule has 3 aromatic rings. The Morgan fingerprint density at radius 2 is 2.11 bits per heavy atom. The number of hydrogen-bond acceptors (Lipinski definition) is 5. The average molecular weight is 377 g/mol. The number of likely N-dealkylation sites (N-methyl/N-ethyl adjacent to an activating group) is 1. The van der Waals surface area contributed by atoms with Crippen LogP contribution >= 0.6 is 0 Å². The van der Waals surface area contributed by atoms with Gasteiger partial charge < -0.3 is 9.64 Å². The minimum Gasteiger partial charge on any atom is -0.497 e. The minimum absolute atomic E-state index is 0.0312. The maximum absolute atomic E-state index is 12.8. The summed E-state index contributed by atoms with van der Waals surface area (Å²) in [6, 6.07) is 15.9. The number of aryl methyl sites for hydroxylation is 1. The standard InChI is InChI=1S/C21H23N5O2/c1-25(19-12-6-8-15-7-3-4-11-18(15)19)20(27)14-26-23-21(22-24-26)16-9-5-10-17(13-16)28-2/h3-5,7,9-11,13,19H,6,8,12,14H2,1-2H3/t19-/m1/s1. The molecule has 0 N–H and O–H groups in total. The zero-order valence-corrected chi connectivity index (χ0v) is 16.1. The van der Waals surface area contributed by atoms with E-state index >= 15 is 0 Å². The zero-order valence-electron chi connectivity index (χ0n) is 16.1. The number of benzene rings is 2. The van der Waals surface area contributed by atoms with Crippen molar-refractivity contribution < 1.29 is 9.53 Å². The number of ether oxygens (including phenoxy) is 1. The topological polar surface area (TPSA) is 73.1 Å². The van der Waals surface area contributed by atoms with Crippen molar-refractivity contribution in [1.82, 2.24) is 25.1 Å². The third kappa shape index (κ3) is 3.60. The molecule has 0 saturated heterocycles. The second-order valence-corrected chi connectivity index (χ2v) is 6.99. The number of hydrogen-bond donors (Lipinski definition) is 0. The lowest BCUT2D eigenvalue weighted by molar-refractivity contribution is -0.133. The summed E-state index contributed by atoms with van der Waals surface area (Å²) in [5, 5.41) is 12.5. The molecule has 1 aliphatic rings. The quantitative estimate of drug-likeness (QED) is 0.684.